The Bertz CT molecular complexity index is 536. The van der Waals surface area contributed by atoms with Gasteiger partial charge in [0.15, 0.2) is 0 Å². The Kier molecular flexibility index (Phi) is 4.67. The Hall–Kier alpha value is -1.82. The zero-order chi connectivity index (χ0) is 15.6. The number of likely N-dealkylation sites (tertiary alicyclic amines) is 1. The fourth-order valence-electron chi connectivity index (χ4n) is 2.79. The summed E-state index contributed by atoms with van der Waals surface area (Å²) in [6.45, 7) is 1.93. The minimum atomic E-state index is -0.553. The molecule has 0 aromatic heterocycles. The molecular formula is C15H22FN3O2. The van der Waals surface area contributed by atoms with Crippen LogP contribution >= 0.6 is 0 Å². The number of benzene rings is 1. The van der Waals surface area contributed by atoms with E-state index in [-0.39, 0.29) is 17.3 Å². The molecule has 1 fully saturated rings. The fourth-order valence-corrected chi connectivity index (χ4v) is 2.79. The third-order valence-corrected chi connectivity index (χ3v) is 4.05. The lowest BCUT2D eigenvalue weighted by Gasteiger charge is -2.37. The first-order valence-corrected chi connectivity index (χ1v) is 7.02. The van der Waals surface area contributed by atoms with Crippen molar-refractivity contribution < 1.29 is 13.9 Å². The maximum atomic E-state index is 14.2. The van der Waals surface area contributed by atoms with Crippen molar-refractivity contribution in [3.05, 3.63) is 23.5 Å². The smallest absolute Gasteiger partial charge is 0.340 e. The first-order chi connectivity index (χ1) is 9.93. The molecule has 2 rings (SSSR count). The van der Waals surface area contributed by atoms with Gasteiger partial charge in [-0.3, -0.25) is 0 Å². The summed E-state index contributed by atoms with van der Waals surface area (Å²) >= 11 is 0. The van der Waals surface area contributed by atoms with Gasteiger partial charge in [0.25, 0.3) is 0 Å². The number of methoxy groups -OCH3 is 1. The second-order valence-corrected chi connectivity index (χ2v) is 5.55. The van der Waals surface area contributed by atoms with Crippen LogP contribution in [0.4, 0.5) is 15.8 Å². The summed E-state index contributed by atoms with van der Waals surface area (Å²) in [4.78, 5) is 15.8. The molecule has 1 aliphatic heterocycles. The van der Waals surface area contributed by atoms with Gasteiger partial charge in [-0.2, -0.15) is 0 Å². The quantitative estimate of drug-likeness (QED) is 0.680. The summed E-state index contributed by atoms with van der Waals surface area (Å²) in [5.41, 5.74) is 6.37. The van der Waals surface area contributed by atoms with Gasteiger partial charge < -0.3 is 20.3 Å². The number of nitrogen functional groups attached to an aromatic ring is 1. The molecule has 1 aliphatic rings. The molecule has 116 valence electrons. The van der Waals surface area contributed by atoms with Crippen molar-refractivity contribution in [2.75, 3.05) is 44.9 Å². The maximum Gasteiger partial charge on any atom is 0.340 e. The van der Waals surface area contributed by atoms with E-state index in [9.17, 15) is 9.18 Å². The molecule has 0 amide bonds. The Morgan fingerprint density at radius 3 is 2.86 bits per heavy atom. The van der Waals surface area contributed by atoms with Gasteiger partial charge in [-0.15, -0.1) is 0 Å². The summed E-state index contributed by atoms with van der Waals surface area (Å²) < 4.78 is 18.9. The van der Waals surface area contributed by atoms with Crippen LogP contribution in [0.5, 0.6) is 0 Å². The van der Waals surface area contributed by atoms with Crippen LogP contribution in [0.3, 0.4) is 0 Å². The van der Waals surface area contributed by atoms with E-state index >= 15 is 0 Å². The van der Waals surface area contributed by atoms with E-state index in [1.54, 1.807) is 0 Å². The molecule has 1 atom stereocenters. The average Bonchev–Trinajstić information content (AvgIpc) is 2.46. The molecule has 0 radical (unpaired) electrons. The van der Waals surface area contributed by atoms with E-state index < -0.39 is 11.8 Å². The van der Waals surface area contributed by atoms with Crippen molar-refractivity contribution >= 4 is 17.3 Å². The number of piperidine rings is 1. The van der Waals surface area contributed by atoms with E-state index in [0.29, 0.717) is 5.69 Å². The van der Waals surface area contributed by atoms with Gasteiger partial charge in [0.2, 0.25) is 0 Å². The number of nitrogens with zero attached hydrogens (tertiary/aromatic N) is 2. The number of carbonyl (C=O) groups is 1. The molecule has 1 unspecified atom stereocenters. The zero-order valence-electron chi connectivity index (χ0n) is 12.7. The molecule has 21 heavy (non-hydrogen) atoms. The zero-order valence-corrected chi connectivity index (χ0v) is 12.7. The fraction of sp³-hybridized carbons (Fsp3) is 0.533. The SMILES string of the molecule is COC(=O)c1cc(N(C)C2CCCN(C)C2)c(F)cc1N. The average molecular weight is 295 g/mol. The molecule has 6 heteroatoms. The first-order valence-electron chi connectivity index (χ1n) is 7.02. The minimum absolute atomic E-state index is 0.0947. The largest absolute Gasteiger partial charge is 0.465 e. The number of esters is 1. The van der Waals surface area contributed by atoms with Gasteiger partial charge in [-0.25, -0.2) is 9.18 Å². The highest BCUT2D eigenvalue weighted by molar-refractivity contribution is 5.96. The van der Waals surface area contributed by atoms with Crippen molar-refractivity contribution in [1.82, 2.24) is 4.90 Å². The molecule has 1 heterocycles. The number of nitrogens with two attached hydrogens (primary N) is 1. The van der Waals surface area contributed by atoms with Crippen LogP contribution in [-0.4, -0.2) is 51.2 Å². The predicted octanol–water partition coefficient (Wildman–Crippen LogP) is 1.72. The third kappa shape index (κ3) is 3.26. The maximum absolute atomic E-state index is 14.2. The minimum Gasteiger partial charge on any atom is -0.465 e. The summed E-state index contributed by atoms with van der Waals surface area (Å²) in [6.07, 6.45) is 2.07. The van der Waals surface area contributed by atoms with Crippen LogP contribution in [0.15, 0.2) is 12.1 Å². The summed E-state index contributed by atoms with van der Waals surface area (Å²) in [5, 5.41) is 0. The van der Waals surface area contributed by atoms with E-state index in [4.69, 9.17) is 5.73 Å². The van der Waals surface area contributed by atoms with E-state index in [1.807, 2.05) is 11.9 Å². The standard InChI is InChI=1S/C15H22FN3O2/c1-18-6-4-5-10(9-18)19(2)14-7-11(15(20)21-3)13(17)8-12(14)16/h7-8,10H,4-6,9,17H2,1-3H3. The summed E-state index contributed by atoms with van der Waals surface area (Å²) in [5.74, 6) is -0.973. The van der Waals surface area contributed by atoms with Gasteiger partial charge in [0.1, 0.15) is 5.82 Å². The number of likely N-dealkylation sites (N-methyl/N-ethyl adjacent to an activating group) is 2. The number of ether oxygens (including phenoxy) is 1. The highest BCUT2D eigenvalue weighted by Gasteiger charge is 2.24. The summed E-state index contributed by atoms with van der Waals surface area (Å²) in [6, 6.07) is 2.88. The molecule has 2 N–H and O–H groups in total. The second-order valence-electron chi connectivity index (χ2n) is 5.55. The molecule has 0 bridgehead atoms. The van der Waals surface area contributed by atoms with Crippen LogP contribution in [0, 0.1) is 5.82 Å². The predicted molar refractivity (Wildman–Crippen MR) is 81.1 cm³/mol. The molecule has 0 spiro atoms. The molecule has 1 aromatic rings. The van der Waals surface area contributed by atoms with Gasteiger partial charge in [0.05, 0.1) is 18.4 Å². The van der Waals surface area contributed by atoms with Crippen LogP contribution in [-0.2, 0) is 4.74 Å². The van der Waals surface area contributed by atoms with Crippen molar-refractivity contribution in [3.8, 4) is 0 Å². The van der Waals surface area contributed by atoms with Gasteiger partial charge in [-0.05, 0) is 38.6 Å². The molecule has 5 nitrogen and oxygen atoms in total. The highest BCUT2D eigenvalue weighted by atomic mass is 19.1. The number of halogens is 1. The number of anilines is 2. The van der Waals surface area contributed by atoms with E-state index in [1.165, 1.54) is 19.2 Å². The van der Waals surface area contributed by atoms with Crippen LogP contribution < -0.4 is 10.6 Å². The summed E-state index contributed by atoms with van der Waals surface area (Å²) in [7, 11) is 5.18. The number of carbonyl (C=O) groups excluding carboxylic acids is 1. The van der Waals surface area contributed by atoms with Gasteiger partial charge in [-0.1, -0.05) is 0 Å². The third-order valence-electron chi connectivity index (χ3n) is 4.05. The second kappa shape index (κ2) is 6.30. The van der Waals surface area contributed by atoms with Crippen molar-refractivity contribution in [1.29, 1.82) is 0 Å². The highest BCUT2D eigenvalue weighted by Crippen LogP contribution is 2.28. The normalized spacial score (nSPS) is 19.3. The van der Waals surface area contributed by atoms with Crippen molar-refractivity contribution in [2.45, 2.75) is 18.9 Å². The molecular weight excluding hydrogens is 273 g/mol. The monoisotopic (exact) mass is 295 g/mol. The lowest BCUT2D eigenvalue weighted by molar-refractivity contribution is 0.0602. The Morgan fingerprint density at radius 2 is 2.24 bits per heavy atom. The first kappa shape index (κ1) is 15.6. The molecule has 0 saturated carbocycles. The van der Waals surface area contributed by atoms with Crippen LogP contribution in [0.1, 0.15) is 23.2 Å². The molecule has 1 saturated heterocycles. The van der Waals surface area contributed by atoms with Gasteiger partial charge >= 0.3 is 5.97 Å². The molecule has 0 aliphatic carbocycles. The van der Waals surface area contributed by atoms with E-state index in [0.717, 1.165) is 25.9 Å². The van der Waals surface area contributed by atoms with E-state index in [2.05, 4.69) is 16.7 Å². The Morgan fingerprint density at radius 1 is 1.52 bits per heavy atom. The van der Waals surface area contributed by atoms with Gasteiger partial charge in [0, 0.05) is 25.3 Å². The Balaban J connectivity index is 2.31. The van der Waals surface area contributed by atoms with Crippen molar-refractivity contribution in [3.63, 3.8) is 0 Å². The van der Waals surface area contributed by atoms with Crippen molar-refractivity contribution in [2.24, 2.45) is 0 Å². The lowest BCUT2D eigenvalue weighted by Crippen LogP contribution is -2.45. The molecule has 1 aromatic carbocycles. The lowest BCUT2D eigenvalue weighted by atomic mass is 10.0. The van der Waals surface area contributed by atoms with Crippen LogP contribution in [0.2, 0.25) is 0 Å². The Labute approximate surface area is 124 Å². The number of hydrogen-bond acceptors (Lipinski definition) is 5. The topological polar surface area (TPSA) is 58.8 Å². The number of hydrogen-bond donors (Lipinski definition) is 1. The van der Waals surface area contributed by atoms with Crippen LogP contribution in [0.25, 0.3) is 0 Å². The number of rotatable bonds is 3.